The van der Waals surface area contributed by atoms with Crippen LogP contribution in [0.15, 0.2) is 22.8 Å². The Kier molecular flexibility index (Phi) is 5.56. The highest BCUT2D eigenvalue weighted by Crippen LogP contribution is 2.16. The van der Waals surface area contributed by atoms with Crippen molar-refractivity contribution in [2.45, 2.75) is 6.18 Å². The van der Waals surface area contributed by atoms with Crippen LogP contribution >= 0.6 is 0 Å². The highest BCUT2D eigenvalue weighted by atomic mass is 19.4. The van der Waals surface area contributed by atoms with Crippen LogP contribution in [0.1, 0.15) is 10.6 Å². The number of nitrogens with zero attached hydrogens (tertiary/aromatic N) is 1. The number of furan rings is 1. The maximum atomic E-state index is 12.2. The van der Waals surface area contributed by atoms with Gasteiger partial charge in [-0.1, -0.05) is 0 Å². The Bertz CT molecular complexity index is 445. The zero-order chi connectivity index (χ0) is 15.2. The van der Waals surface area contributed by atoms with Crippen molar-refractivity contribution in [2.75, 3.05) is 26.2 Å². The molecule has 0 aliphatic carbocycles. The monoisotopic (exact) mass is 294 g/mol. The minimum Gasteiger partial charge on any atom is -0.459 e. The fourth-order valence-electron chi connectivity index (χ4n) is 1.39. The minimum absolute atomic E-state index is 0.0534. The summed E-state index contributed by atoms with van der Waals surface area (Å²) in [6.07, 6.45) is -3.33. The molecule has 0 unspecified atom stereocenters. The summed E-state index contributed by atoms with van der Waals surface area (Å²) in [7, 11) is 0. The maximum absolute atomic E-state index is 12.2. The van der Waals surface area contributed by atoms with E-state index in [1.54, 1.807) is 0 Å². The molecule has 0 bridgehead atoms. The third kappa shape index (κ3) is 5.31. The van der Waals surface area contributed by atoms with Crippen molar-refractivity contribution in [3.63, 3.8) is 0 Å². The van der Waals surface area contributed by atoms with Gasteiger partial charge in [-0.2, -0.15) is 13.2 Å². The number of amides is 2. The van der Waals surface area contributed by atoms with Crippen LogP contribution in [-0.2, 0) is 4.79 Å². The molecule has 1 rings (SSSR count). The molecule has 1 aromatic heterocycles. The Hall–Kier alpha value is -2.03. The van der Waals surface area contributed by atoms with E-state index in [1.165, 1.54) is 18.4 Å². The van der Waals surface area contributed by atoms with Crippen molar-refractivity contribution in [3.05, 3.63) is 24.2 Å². The van der Waals surface area contributed by atoms with Gasteiger partial charge in [0.15, 0.2) is 5.76 Å². The molecule has 0 aliphatic heterocycles. The summed E-state index contributed by atoms with van der Waals surface area (Å²) in [6, 6.07) is 2.81. The predicted octanol–water partition coefficient (Wildman–Crippen LogP) is 0.393. The number of alkyl halides is 3. The number of hydrogen-bond acceptors (Lipinski definition) is 4. The molecule has 0 aliphatic rings. The summed E-state index contributed by atoms with van der Waals surface area (Å²) in [6.45, 7) is -3.17. The van der Waals surface area contributed by atoms with Gasteiger partial charge in [-0.15, -0.1) is 0 Å². The third-order valence-electron chi connectivity index (χ3n) is 2.24. The normalized spacial score (nSPS) is 11.2. The van der Waals surface area contributed by atoms with Gasteiger partial charge in [0, 0.05) is 6.54 Å². The first kappa shape index (κ1) is 16.0. The van der Waals surface area contributed by atoms with Crippen LogP contribution in [0, 0.1) is 0 Å². The second-order valence-electron chi connectivity index (χ2n) is 3.81. The molecule has 112 valence electrons. The summed E-state index contributed by atoms with van der Waals surface area (Å²) in [5, 5.41) is 10.8. The predicted molar refractivity (Wildman–Crippen MR) is 60.8 cm³/mol. The molecule has 0 saturated carbocycles. The lowest BCUT2D eigenvalue weighted by Gasteiger charge is -2.23. The summed E-state index contributed by atoms with van der Waals surface area (Å²) >= 11 is 0. The molecule has 0 fully saturated rings. The van der Waals surface area contributed by atoms with Crippen LogP contribution in [0.25, 0.3) is 0 Å². The van der Waals surface area contributed by atoms with E-state index in [0.717, 1.165) is 0 Å². The number of nitrogens with one attached hydrogen (secondary N) is 1. The lowest BCUT2D eigenvalue weighted by atomic mass is 10.4. The molecule has 20 heavy (non-hydrogen) atoms. The van der Waals surface area contributed by atoms with Crippen LogP contribution in [0.2, 0.25) is 0 Å². The highest BCUT2D eigenvalue weighted by Gasteiger charge is 2.32. The SMILES string of the molecule is O=C(NCC(=O)N(CCO)CC(F)(F)F)c1ccco1. The first-order valence-electron chi connectivity index (χ1n) is 5.60. The number of carbonyl (C=O) groups excluding carboxylic acids is 2. The molecule has 0 aromatic carbocycles. The van der Waals surface area contributed by atoms with Gasteiger partial charge >= 0.3 is 6.18 Å². The number of aliphatic hydroxyl groups is 1. The maximum Gasteiger partial charge on any atom is 0.406 e. The average Bonchev–Trinajstić information content (AvgIpc) is 2.87. The van der Waals surface area contributed by atoms with Crippen LogP contribution in [0.5, 0.6) is 0 Å². The van der Waals surface area contributed by atoms with Crippen molar-refractivity contribution >= 4 is 11.8 Å². The van der Waals surface area contributed by atoms with Crippen LogP contribution in [-0.4, -0.2) is 54.2 Å². The molecule has 1 heterocycles. The Morgan fingerprint density at radius 1 is 1.40 bits per heavy atom. The Morgan fingerprint density at radius 2 is 2.10 bits per heavy atom. The number of rotatable bonds is 6. The second-order valence-corrected chi connectivity index (χ2v) is 3.81. The summed E-state index contributed by atoms with van der Waals surface area (Å²) in [5.74, 6) is -1.71. The molecular formula is C11H13F3N2O4. The van der Waals surface area contributed by atoms with Crippen molar-refractivity contribution in [1.82, 2.24) is 10.2 Å². The number of carbonyl (C=O) groups is 2. The summed E-state index contributed by atoms with van der Waals surface area (Å²) in [4.78, 5) is 23.4. The zero-order valence-electron chi connectivity index (χ0n) is 10.3. The fraction of sp³-hybridized carbons (Fsp3) is 0.455. The third-order valence-corrected chi connectivity index (χ3v) is 2.24. The van der Waals surface area contributed by atoms with Crippen molar-refractivity contribution < 1.29 is 32.3 Å². The van der Waals surface area contributed by atoms with Crippen LogP contribution < -0.4 is 5.32 Å². The molecule has 6 nitrogen and oxygen atoms in total. The van der Waals surface area contributed by atoms with Crippen molar-refractivity contribution in [3.8, 4) is 0 Å². The minimum atomic E-state index is -4.57. The highest BCUT2D eigenvalue weighted by molar-refractivity contribution is 5.94. The van der Waals surface area contributed by atoms with Gasteiger partial charge in [-0.05, 0) is 12.1 Å². The van der Waals surface area contributed by atoms with Gasteiger partial charge in [-0.3, -0.25) is 9.59 Å². The van der Waals surface area contributed by atoms with E-state index >= 15 is 0 Å². The van der Waals surface area contributed by atoms with Gasteiger partial charge in [0.1, 0.15) is 6.54 Å². The first-order chi connectivity index (χ1) is 9.33. The van der Waals surface area contributed by atoms with Gasteiger partial charge in [0.25, 0.3) is 5.91 Å². The lowest BCUT2D eigenvalue weighted by Crippen LogP contribution is -2.45. The first-order valence-corrected chi connectivity index (χ1v) is 5.60. The lowest BCUT2D eigenvalue weighted by molar-refractivity contribution is -0.161. The van der Waals surface area contributed by atoms with E-state index < -0.39 is 44.2 Å². The molecule has 0 atom stereocenters. The molecule has 0 radical (unpaired) electrons. The van der Waals surface area contributed by atoms with Crippen molar-refractivity contribution in [1.29, 1.82) is 0 Å². The molecule has 0 spiro atoms. The topological polar surface area (TPSA) is 82.8 Å². The van der Waals surface area contributed by atoms with E-state index in [2.05, 4.69) is 5.32 Å². The van der Waals surface area contributed by atoms with E-state index in [1.807, 2.05) is 0 Å². The van der Waals surface area contributed by atoms with E-state index in [9.17, 15) is 22.8 Å². The van der Waals surface area contributed by atoms with Gasteiger partial charge < -0.3 is 19.7 Å². The molecule has 9 heteroatoms. The fourth-order valence-corrected chi connectivity index (χ4v) is 1.39. The average molecular weight is 294 g/mol. The van der Waals surface area contributed by atoms with Gasteiger partial charge in [0.05, 0.1) is 19.4 Å². The van der Waals surface area contributed by atoms with Crippen molar-refractivity contribution in [2.24, 2.45) is 0 Å². The van der Waals surface area contributed by atoms with E-state index in [4.69, 9.17) is 9.52 Å². The van der Waals surface area contributed by atoms with Gasteiger partial charge in [0.2, 0.25) is 5.91 Å². The molecule has 2 N–H and O–H groups in total. The Morgan fingerprint density at radius 3 is 2.60 bits per heavy atom. The smallest absolute Gasteiger partial charge is 0.406 e. The van der Waals surface area contributed by atoms with Crippen LogP contribution in [0.4, 0.5) is 13.2 Å². The van der Waals surface area contributed by atoms with Crippen LogP contribution in [0.3, 0.4) is 0 Å². The Labute approximate surface area is 112 Å². The Balaban J connectivity index is 2.51. The molecule has 1 aromatic rings. The molecular weight excluding hydrogens is 281 g/mol. The molecule has 2 amide bonds. The second kappa shape index (κ2) is 6.94. The summed E-state index contributed by atoms with van der Waals surface area (Å²) < 4.78 is 41.5. The zero-order valence-corrected chi connectivity index (χ0v) is 10.3. The standard InChI is InChI=1S/C11H13F3N2O4/c12-11(13,14)7-16(3-4-17)9(18)6-15-10(19)8-2-1-5-20-8/h1-2,5,17H,3-4,6-7H2,(H,15,19). The number of hydrogen-bond donors (Lipinski definition) is 2. The largest absolute Gasteiger partial charge is 0.459 e. The van der Waals surface area contributed by atoms with E-state index in [0.29, 0.717) is 4.90 Å². The number of aliphatic hydroxyl groups excluding tert-OH is 1. The van der Waals surface area contributed by atoms with E-state index in [-0.39, 0.29) is 5.76 Å². The summed E-state index contributed by atoms with van der Waals surface area (Å²) in [5.41, 5.74) is 0. The van der Waals surface area contributed by atoms with Gasteiger partial charge in [-0.25, -0.2) is 0 Å². The quantitative estimate of drug-likeness (QED) is 0.795. The number of halogens is 3. The molecule has 0 saturated heterocycles.